The van der Waals surface area contributed by atoms with Crippen LogP contribution < -0.4 is 0 Å². The molecule has 1 atom stereocenters. The highest BCUT2D eigenvalue weighted by molar-refractivity contribution is 5.16. The lowest BCUT2D eigenvalue weighted by molar-refractivity contribution is 0.0945. The Balaban J connectivity index is 1.76. The minimum atomic E-state index is 0.239. The summed E-state index contributed by atoms with van der Waals surface area (Å²) in [4.78, 5) is 6.49. The molecule has 1 N–H and O–H groups in total. The molecule has 0 amide bonds. The highest BCUT2D eigenvalue weighted by Crippen LogP contribution is 2.36. The number of aliphatic hydroxyl groups is 1. The second kappa shape index (κ2) is 6.83. The Morgan fingerprint density at radius 1 is 1.00 bits per heavy atom. The predicted molar refractivity (Wildman–Crippen MR) is 83.5 cm³/mol. The van der Waals surface area contributed by atoms with E-state index < -0.39 is 0 Å². The monoisotopic (exact) mass is 282 g/mol. The van der Waals surface area contributed by atoms with Crippen LogP contribution in [0.1, 0.15) is 24.0 Å². The quantitative estimate of drug-likeness (QED) is 0.848. The number of pyridine rings is 1. The van der Waals surface area contributed by atoms with Gasteiger partial charge in [-0.2, -0.15) is 0 Å². The number of hydrogen-bond donors (Lipinski definition) is 1. The minimum absolute atomic E-state index is 0.239. The van der Waals surface area contributed by atoms with Crippen LogP contribution in [0.3, 0.4) is 0 Å². The zero-order chi connectivity index (χ0) is 14.5. The molecule has 1 aliphatic rings. The first-order valence-electron chi connectivity index (χ1n) is 7.64. The lowest BCUT2D eigenvalue weighted by Crippen LogP contribution is -2.38. The fraction of sp³-hybridized carbons (Fsp3) is 0.389. The van der Waals surface area contributed by atoms with E-state index in [1.165, 1.54) is 24.0 Å². The first-order valence-corrected chi connectivity index (χ1v) is 7.64. The van der Waals surface area contributed by atoms with Crippen molar-refractivity contribution in [3.05, 3.63) is 66.0 Å². The highest BCUT2D eigenvalue weighted by atomic mass is 16.3. The lowest BCUT2D eigenvalue weighted by atomic mass is 10.1. The number of aromatic nitrogens is 1. The Labute approximate surface area is 126 Å². The Morgan fingerprint density at radius 3 is 2.19 bits per heavy atom. The molecule has 3 nitrogen and oxygen atoms in total. The molecular formula is C18H22N2O. The van der Waals surface area contributed by atoms with Crippen molar-refractivity contribution in [3.63, 3.8) is 0 Å². The van der Waals surface area contributed by atoms with Gasteiger partial charge in [0.2, 0.25) is 0 Å². The SMILES string of the molecule is OCC(C1CC1)N(Cc1ccccc1)Cc1ccncc1. The normalized spacial score (nSPS) is 16.1. The fourth-order valence-corrected chi connectivity index (χ4v) is 2.87. The summed E-state index contributed by atoms with van der Waals surface area (Å²) in [7, 11) is 0. The van der Waals surface area contributed by atoms with Gasteiger partial charge in [0.15, 0.2) is 0 Å². The largest absolute Gasteiger partial charge is 0.395 e. The maximum absolute atomic E-state index is 9.81. The summed E-state index contributed by atoms with van der Waals surface area (Å²) in [6, 6.07) is 14.9. The van der Waals surface area contributed by atoms with Crippen molar-refractivity contribution in [2.24, 2.45) is 5.92 Å². The third-order valence-corrected chi connectivity index (χ3v) is 4.19. The van der Waals surface area contributed by atoms with Crippen molar-refractivity contribution < 1.29 is 5.11 Å². The first-order chi connectivity index (χ1) is 10.4. The second-order valence-electron chi connectivity index (χ2n) is 5.83. The van der Waals surface area contributed by atoms with Gasteiger partial charge < -0.3 is 5.11 Å². The summed E-state index contributed by atoms with van der Waals surface area (Å²) in [5.41, 5.74) is 2.55. The standard InChI is InChI=1S/C18H22N2O/c21-14-18(17-6-7-17)20(12-15-4-2-1-3-5-15)13-16-8-10-19-11-9-16/h1-5,8-11,17-18,21H,6-7,12-14H2. The molecule has 1 aromatic carbocycles. The van der Waals surface area contributed by atoms with Crippen LogP contribution in [0.5, 0.6) is 0 Å². The molecule has 110 valence electrons. The summed E-state index contributed by atoms with van der Waals surface area (Å²) in [5.74, 6) is 0.653. The molecule has 1 saturated carbocycles. The van der Waals surface area contributed by atoms with E-state index in [2.05, 4.69) is 46.3 Å². The molecule has 3 heteroatoms. The van der Waals surface area contributed by atoms with Gasteiger partial charge in [0.25, 0.3) is 0 Å². The molecule has 3 rings (SSSR count). The van der Waals surface area contributed by atoms with Gasteiger partial charge in [-0.25, -0.2) is 0 Å². The molecular weight excluding hydrogens is 260 g/mol. The molecule has 1 fully saturated rings. The van der Waals surface area contributed by atoms with E-state index in [0.29, 0.717) is 5.92 Å². The zero-order valence-corrected chi connectivity index (χ0v) is 12.2. The molecule has 0 saturated heterocycles. The number of nitrogens with zero attached hydrogens (tertiary/aromatic N) is 2. The summed E-state index contributed by atoms with van der Waals surface area (Å²) in [6.45, 7) is 1.98. The second-order valence-corrected chi connectivity index (χ2v) is 5.83. The van der Waals surface area contributed by atoms with Crippen molar-refractivity contribution in [2.45, 2.75) is 32.0 Å². The van der Waals surface area contributed by atoms with Crippen LogP contribution in [0.25, 0.3) is 0 Å². The number of hydrogen-bond acceptors (Lipinski definition) is 3. The van der Waals surface area contributed by atoms with E-state index in [4.69, 9.17) is 0 Å². The molecule has 0 bridgehead atoms. The Hall–Kier alpha value is -1.71. The average Bonchev–Trinajstić information content (AvgIpc) is 3.35. The van der Waals surface area contributed by atoms with Crippen LogP contribution in [-0.4, -0.2) is 27.6 Å². The third kappa shape index (κ3) is 3.90. The predicted octanol–water partition coefficient (Wildman–Crippen LogP) is 2.85. The van der Waals surface area contributed by atoms with Gasteiger partial charge in [-0.15, -0.1) is 0 Å². The Kier molecular flexibility index (Phi) is 4.63. The van der Waals surface area contributed by atoms with Crippen molar-refractivity contribution in [3.8, 4) is 0 Å². The maximum atomic E-state index is 9.81. The van der Waals surface area contributed by atoms with Gasteiger partial charge in [0.1, 0.15) is 0 Å². The maximum Gasteiger partial charge on any atom is 0.0589 e. The summed E-state index contributed by atoms with van der Waals surface area (Å²) < 4.78 is 0. The Bertz CT molecular complexity index is 498. The molecule has 0 radical (unpaired) electrons. The number of aliphatic hydroxyl groups excluding tert-OH is 1. The molecule has 21 heavy (non-hydrogen) atoms. The van der Waals surface area contributed by atoms with E-state index in [9.17, 15) is 5.11 Å². The van der Waals surface area contributed by atoms with E-state index in [1.807, 2.05) is 18.5 Å². The molecule has 1 unspecified atom stereocenters. The van der Waals surface area contributed by atoms with Crippen molar-refractivity contribution >= 4 is 0 Å². The zero-order valence-electron chi connectivity index (χ0n) is 12.2. The minimum Gasteiger partial charge on any atom is -0.395 e. The first kappa shape index (κ1) is 14.2. The van der Waals surface area contributed by atoms with Gasteiger partial charge in [0.05, 0.1) is 6.61 Å². The van der Waals surface area contributed by atoms with Crippen molar-refractivity contribution in [2.75, 3.05) is 6.61 Å². The van der Waals surface area contributed by atoms with Gasteiger partial charge in [-0.05, 0) is 42.0 Å². The smallest absolute Gasteiger partial charge is 0.0589 e. The fourth-order valence-electron chi connectivity index (χ4n) is 2.87. The van der Waals surface area contributed by atoms with E-state index in [1.54, 1.807) is 0 Å². The average molecular weight is 282 g/mol. The topological polar surface area (TPSA) is 36.4 Å². The van der Waals surface area contributed by atoms with Crippen LogP contribution >= 0.6 is 0 Å². The van der Waals surface area contributed by atoms with Crippen LogP contribution in [0.2, 0.25) is 0 Å². The van der Waals surface area contributed by atoms with E-state index in [0.717, 1.165) is 13.1 Å². The summed E-state index contributed by atoms with van der Waals surface area (Å²) in [5, 5.41) is 9.81. The third-order valence-electron chi connectivity index (χ3n) is 4.19. The Morgan fingerprint density at radius 2 is 1.62 bits per heavy atom. The summed E-state index contributed by atoms with van der Waals surface area (Å²) >= 11 is 0. The van der Waals surface area contributed by atoms with E-state index in [-0.39, 0.29) is 12.6 Å². The van der Waals surface area contributed by atoms with Crippen molar-refractivity contribution in [1.29, 1.82) is 0 Å². The molecule has 0 spiro atoms. The molecule has 0 aliphatic heterocycles. The van der Waals surface area contributed by atoms with Crippen LogP contribution in [0.15, 0.2) is 54.9 Å². The van der Waals surface area contributed by atoms with Gasteiger partial charge in [-0.3, -0.25) is 9.88 Å². The number of rotatable bonds is 7. The van der Waals surface area contributed by atoms with Crippen molar-refractivity contribution in [1.82, 2.24) is 9.88 Å². The molecule has 1 heterocycles. The molecule has 1 aliphatic carbocycles. The van der Waals surface area contributed by atoms with E-state index >= 15 is 0 Å². The number of benzene rings is 1. The van der Waals surface area contributed by atoms with Crippen LogP contribution in [0, 0.1) is 5.92 Å². The molecule has 2 aromatic rings. The van der Waals surface area contributed by atoms with Gasteiger partial charge >= 0.3 is 0 Å². The lowest BCUT2D eigenvalue weighted by Gasteiger charge is -2.31. The van der Waals surface area contributed by atoms with Gasteiger partial charge in [-0.1, -0.05) is 30.3 Å². The molecule has 1 aromatic heterocycles. The highest BCUT2D eigenvalue weighted by Gasteiger charge is 2.34. The van der Waals surface area contributed by atoms with Crippen LogP contribution in [0.4, 0.5) is 0 Å². The van der Waals surface area contributed by atoms with Gasteiger partial charge in [0, 0.05) is 31.5 Å². The summed E-state index contributed by atoms with van der Waals surface area (Å²) in [6.07, 6.45) is 6.15. The van der Waals surface area contributed by atoms with Crippen LogP contribution in [-0.2, 0) is 13.1 Å².